The molecule has 0 saturated carbocycles. The van der Waals surface area contributed by atoms with Gasteiger partial charge in [-0.1, -0.05) is 17.7 Å². The Morgan fingerprint density at radius 3 is 2.27 bits per heavy atom. The number of nitrogens with one attached hydrogen (secondary N) is 2. The standard InChI is InChI=1S/C20H22N2O3S/c1-12-5-6-13(2)20(9-12)26-11-19(25)17-8-7-16(21-14(3)23)10-18(17)22-15(4)24/h5-10H,11H2,1-4H3,(H,21,23)(H,22,24). The van der Waals surface area contributed by atoms with Crippen molar-refractivity contribution < 1.29 is 14.4 Å². The van der Waals surface area contributed by atoms with Crippen LogP contribution in [0.25, 0.3) is 0 Å². The molecule has 2 N–H and O–H groups in total. The molecule has 0 aliphatic heterocycles. The summed E-state index contributed by atoms with van der Waals surface area (Å²) in [5.74, 6) is -0.324. The third-order valence-electron chi connectivity index (χ3n) is 3.65. The Labute approximate surface area is 157 Å². The highest BCUT2D eigenvalue weighted by Crippen LogP contribution is 2.27. The van der Waals surface area contributed by atoms with Crippen molar-refractivity contribution in [2.75, 3.05) is 16.4 Å². The fourth-order valence-electron chi connectivity index (χ4n) is 2.45. The van der Waals surface area contributed by atoms with Crippen LogP contribution in [0.3, 0.4) is 0 Å². The smallest absolute Gasteiger partial charge is 0.221 e. The molecular weight excluding hydrogens is 348 g/mol. The number of aryl methyl sites for hydroxylation is 2. The van der Waals surface area contributed by atoms with Crippen molar-refractivity contribution in [2.45, 2.75) is 32.6 Å². The quantitative estimate of drug-likeness (QED) is 0.590. The zero-order valence-electron chi connectivity index (χ0n) is 15.3. The topological polar surface area (TPSA) is 75.3 Å². The Bertz CT molecular complexity index is 862. The van der Waals surface area contributed by atoms with Gasteiger partial charge in [0.2, 0.25) is 11.8 Å². The predicted molar refractivity (Wildman–Crippen MR) is 106 cm³/mol. The number of hydrogen-bond acceptors (Lipinski definition) is 4. The van der Waals surface area contributed by atoms with Crippen LogP contribution in [0.2, 0.25) is 0 Å². The molecule has 0 unspecified atom stereocenters. The third-order valence-corrected chi connectivity index (χ3v) is 4.81. The molecule has 2 aromatic rings. The molecule has 2 amide bonds. The molecule has 6 heteroatoms. The van der Waals surface area contributed by atoms with Crippen molar-refractivity contribution >= 4 is 40.7 Å². The molecule has 0 fully saturated rings. The van der Waals surface area contributed by atoms with E-state index in [0.717, 1.165) is 16.0 Å². The molecular formula is C20H22N2O3S. The second kappa shape index (κ2) is 8.67. The molecule has 2 aromatic carbocycles. The maximum Gasteiger partial charge on any atom is 0.221 e. The Hall–Kier alpha value is -2.60. The van der Waals surface area contributed by atoms with Crippen LogP contribution in [0, 0.1) is 13.8 Å². The van der Waals surface area contributed by atoms with E-state index in [4.69, 9.17) is 0 Å². The minimum absolute atomic E-state index is 0.0889. The number of anilines is 2. The highest BCUT2D eigenvalue weighted by molar-refractivity contribution is 8.00. The average Bonchev–Trinajstić information content (AvgIpc) is 2.54. The SMILES string of the molecule is CC(=O)Nc1ccc(C(=O)CSc2cc(C)ccc2C)c(NC(C)=O)c1. The number of rotatable bonds is 6. The lowest BCUT2D eigenvalue weighted by Gasteiger charge is -2.12. The molecule has 0 heterocycles. The number of thioether (sulfide) groups is 1. The van der Waals surface area contributed by atoms with E-state index in [2.05, 4.69) is 16.7 Å². The second-order valence-corrected chi connectivity index (χ2v) is 7.12. The first-order chi connectivity index (χ1) is 12.3. The van der Waals surface area contributed by atoms with Gasteiger partial charge < -0.3 is 10.6 Å². The number of carbonyl (C=O) groups excluding carboxylic acids is 3. The third kappa shape index (κ3) is 5.46. The first-order valence-corrected chi connectivity index (χ1v) is 9.17. The van der Waals surface area contributed by atoms with Gasteiger partial charge in [-0.25, -0.2) is 0 Å². The first-order valence-electron chi connectivity index (χ1n) is 8.18. The molecule has 5 nitrogen and oxygen atoms in total. The van der Waals surface area contributed by atoms with Gasteiger partial charge in [0, 0.05) is 30.0 Å². The number of Topliss-reactive ketones (excluding diaryl/α,β-unsaturated/α-hetero) is 1. The molecule has 0 aliphatic carbocycles. The van der Waals surface area contributed by atoms with Crippen LogP contribution in [0.1, 0.15) is 35.3 Å². The second-order valence-electron chi connectivity index (χ2n) is 6.10. The molecule has 0 radical (unpaired) electrons. The van der Waals surface area contributed by atoms with Crippen LogP contribution in [0.4, 0.5) is 11.4 Å². The van der Waals surface area contributed by atoms with Crippen LogP contribution < -0.4 is 10.6 Å². The largest absolute Gasteiger partial charge is 0.326 e. The Morgan fingerprint density at radius 1 is 0.923 bits per heavy atom. The number of ketones is 1. The molecule has 0 bridgehead atoms. The molecule has 0 spiro atoms. The molecule has 2 rings (SSSR count). The van der Waals surface area contributed by atoms with Gasteiger partial charge in [-0.05, 0) is 43.7 Å². The van der Waals surface area contributed by atoms with Crippen molar-refractivity contribution in [3.63, 3.8) is 0 Å². The summed E-state index contributed by atoms with van der Waals surface area (Å²) >= 11 is 1.47. The molecule has 0 atom stereocenters. The van der Waals surface area contributed by atoms with Gasteiger partial charge in [0.1, 0.15) is 0 Å². The summed E-state index contributed by atoms with van der Waals surface area (Å²) in [6, 6.07) is 11.0. The van der Waals surface area contributed by atoms with E-state index < -0.39 is 0 Å². The van der Waals surface area contributed by atoms with Crippen molar-refractivity contribution in [3.8, 4) is 0 Å². The van der Waals surface area contributed by atoms with Gasteiger partial charge in [0.15, 0.2) is 5.78 Å². The maximum atomic E-state index is 12.7. The van der Waals surface area contributed by atoms with Crippen LogP contribution in [0.15, 0.2) is 41.3 Å². The van der Waals surface area contributed by atoms with Gasteiger partial charge in [-0.2, -0.15) is 0 Å². The minimum atomic E-state index is -0.277. The summed E-state index contributed by atoms with van der Waals surface area (Å²) < 4.78 is 0. The number of hydrogen-bond donors (Lipinski definition) is 2. The van der Waals surface area contributed by atoms with E-state index in [1.165, 1.54) is 25.6 Å². The lowest BCUT2D eigenvalue weighted by atomic mass is 10.1. The summed E-state index contributed by atoms with van der Waals surface area (Å²) in [7, 11) is 0. The lowest BCUT2D eigenvalue weighted by molar-refractivity contribution is -0.115. The van der Waals surface area contributed by atoms with E-state index >= 15 is 0 Å². The molecule has 0 aliphatic rings. The summed E-state index contributed by atoms with van der Waals surface area (Å²) in [4.78, 5) is 36.4. The van der Waals surface area contributed by atoms with Crippen molar-refractivity contribution in [1.29, 1.82) is 0 Å². The number of carbonyl (C=O) groups is 3. The first kappa shape index (κ1) is 19.7. The van der Waals surface area contributed by atoms with Gasteiger partial charge in [-0.15, -0.1) is 11.8 Å². The maximum absolute atomic E-state index is 12.7. The van der Waals surface area contributed by atoms with Crippen LogP contribution >= 0.6 is 11.8 Å². The highest BCUT2D eigenvalue weighted by atomic mass is 32.2. The lowest BCUT2D eigenvalue weighted by Crippen LogP contribution is -2.14. The van der Waals surface area contributed by atoms with Gasteiger partial charge in [0.05, 0.1) is 11.4 Å². The van der Waals surface area contributed by atoms with E-state index in [1.807, 2.05) is 26.0 Å². The van der Waals surface area contributed by atoms with E-state index in [9.17, 15) is 14.4 Å². The normalized spacial score (nSPS) is 10.3. The Balaban J connectivity index is 2.22. The Kier molecular flexibility index (Phi) is 6.58. The van der Waals surface area contributed by atoms with Crippen molar-refractivity contribution in [2.24, 2.45) is 0 Å². The predicted octanol–water partition coefficient (Wildman–Crippen LogP) is 4.20. The van der Waals surface area contributed by atoms with Crippen LogP contribution in [-0.2, 0) is 9.59 Å². The average molecular weight is 370 g/mol. The Morgan fingerprint density at radius 2 is 1.62 bits per heavy atom. The molecule has 0 aromatic heterocycles. The molecule has 136 valence electrons. The van der Waals surface area contributed by atoms with Crippen LogP contribution in [-0.4, -0.2) is 23.4 Å². The van der Waals surface area contributed by atoms with Crippen molar-refractivity contribution in [3.05, 3.63) is 53.1 Å². The van der Waals surface area contributed by atoms with Gasteiger partial charge in [-0.3, -0.25) is 14.4 Å². The van der Waals surface area contributed by atoms with Gasteiger partial charge >= 0.3 is 0 Å². The number of amides is 2. The molecule has 0 saturated heterocycles. The highest BCUT2D eigenvalue weighted by Gasteiger charge is 2.15. The summed E-state index contributed by atoms with van der Waals surface area (Å²) in [5, 5.41) is 5.32. The minimum Gasteiger partial charge on any atom is -0.326 e. The monoisotopic (exact) mass is 370 g/mol. The zero-order chi connectivity index (χ0) is 19.3. The number of benzene rings is 2. The molecule has 26 heavy (non-hydrogen) atoms. The van der Waals surface area contributed by atoms with E-state index in [0.29, 0.717) is 16.9 Å². The van der Waals surface area contributed by atoms with Gasteiger partial charge in [0.25, 0.3) is 0 Å². The van der Waals surface area contributed by atoms with Crippen molar-refractivity contribution in [1.82, 2.24) is 0 Å². The fourth-order valence-corrected chi connectivity index (χ4v) is 3.45. The van der Waals surface area contributed by atoms with E-state index in [1.54, 1.807) is 18.2 Å². The van der Waals surface area contributed by atoms with E-state index in [-0.39, 0.29) is 23.4 Å². The fraction of sp³-hybridized carbons (Fsp3) is 0.250. The van der Waals surface area contributed by atoms with Crippen LogP contribution in [0.5, 0.6) is 0 Å². The summed E-state index contributed by atoms with van der Waals surface area (Å²) in [6.07, 6.45) is 0. The zero-order valence-corrected chi connectivity index (χ0v) is 16.1. The summed E-state index contributed by atoms with van der Waals surface area (Å²) in [6.45, 7) is 6.81. The summed E-state index contributed by atoms with van der Waals surface area (Å²) in [5.41, 5.74) is 3.61.